The third-order valence-electron chi connectivity index (χ3n) is 3.49. The second-order valence-electron chi connectivity index (χ2n) is 4.69. The molecule has 4 nitrogen and oxygen atoms in total. The highest BCUT2D eigenvalue weighted by Gasteiger charge is 2.33. The zero-order chi connectivity index (χ0) is 13.9. The second-order valence-corrected chi connectivity index (χ2v) is 6.48. The Morgan fingerprint density at radius 3 is 2.90 bits per heavy atom. The molecule has 1 aromatic carbocycles. The van der Waals surface area contributed by atoms with Crippen molar-refractivity contribution in [2.24, 2.45) is 0 Å². The van der Waals surface area contributed by atoms with Crippen LogP contribution < -0.4 is 0 Å². The molecule has 0 N–H and O–H groups in total. The number of carbonyl (C=O) groups is 1. The molecule has 0 amide bonds. The first-order chi connectivity index (χ1) is 9.81. The van der Waals surface area contributed by atoms with Gasteiger partial charge >= 0.3 is 0 Å². The number of hydrogen-bond acceptors (Lipinski definition) is 4. The van der Waals surface area contributed by atoms with Gasteiger partial charge in [0.15, 0.2) is 5.82 Å². The molecule has 0 aliphatic carbocycles. The van der Waals surface area contributed by atoms with Crippen LogP contribution in [0.2, 0.25) is 0 Å². The van der Waals surface area contributed by atoms with E-state index in [4.69, 9.17) is 0 Å². The van der Waals surface area contributed by atoms with Crippen molar-refractivity contribution in [3.63, 3.8) is 0 Å². The molecule has 20 heavy (non-hydrogen) atoms. The van der Waals surface area contributed by atoms with E-state index in [1.165, 1.54) is 0 Å². The van der Waals surface area contributed by atoms with Gasteiger partial charge in [-0.3, -0.25) is 9.36 Å². The highest BCUT2D eigenvalue weighted by molar-refractivity contribution is 14.2. The Kier molecular flexibility index (Phi) is 4.42. The van der Waals surface area contributed by atoms with Crippen LogP contribution >= 0.6 is 30.3 Å². The maximum absolute atomic E-state index is 12.7. The van der Waals surface area contributed by atoms with Gasteiger partial charge in [0.2, 0.25) is 5.78 Å². The number of imidazole rings is 1. The summed E-state index contributed by atoms with van der Waals surface area (Å²) in [6, 6.07) is 9.81. The fraction of sp³-hybridized carbons (Fsp3) is 0.286. The lowest BCUT2D eigenvalue weighted by atomic mass is 10.1. The predicted molar refractivity (Wildman–Crippen MR) is 89.2 cm³/mol. The molecule has 1 aliphatic rings. The first kappa shape index (κ1) is 14.1. The van der Waals surface area contributed by atoms with Gasteiger partial charge in [-0.1, -0.05) is 18.2 Å². The van der Waals surface area contributed by atoms with Crippen molar-refractivity contribution in [3.8, 4) is 5.69 Å². The Bertz CT molecular complexity index is 601. The van der Waals surface area contributed by atoms with Gasteiger partial charge in [-0.05, 0) is 34.1 Å². The van der Waals surface area contributed by atoms with Crippen molar-refractivity contribution in [1.82, 2.24) is 13.9 Å². The Hall–Kier alpha value is -0.860. The number of hydrogen-bond donors (Lipinski definition) is 0. The summed E-state index contributed by atoms with van der Waals surface area (Å²) < 4.78 is 4.02. The summed E-state index contributed by atoms with van der Waals surface area (Å²) in [5.41, 5.74) is 0.972. The van der Waals surface area contributed by atoms with Gasteiger partial charge in [-0.2, -0.15) is 0 Å². The fourth-order valence-corrected chi connectivity index (χ4v) is 4.43. The monoisotopic (exact) mass is 399 g/mol. The van der Waals surface area contributed by atoms with E-state index in [1.54, 1.807) is 15.3 Å². The van der Waals surface area contributed by atoms with Gasteiger partial charge < -0.3 is 0 Å². The van der Waals surface area contributed by atoms with Gasteiger partial charge in [0.25, 0.3) is 0 Å². The minimum absolute atomic E-state index is 0.0539. The van der Waals surface area contributed by atoms with Crippen molar-refractivity contribution in [2.75, 3.05) is 6.54 Å². The molecule has 2 heterocycles. The van der Waals surface area contributed by atoms with E-state index >= 15 is 0 Å². The fourth-order valence-electron chi connectivity index (χ4n) is 2.52. The Balaban J connectivity index is 1.92. The van der Waals surface area contributed by atoms with Crippen molar-refractivity contribution in [1.29, 1.82) is 0 Å². The first-order valence-corrected chi connectivity index (χ1v) is 9.81. The third-order valence-corrected chi connectivity index (χ3v) is 5.62. The Labute approximate surface area is 134 Å². The van der Waals surface area contributed by atoms with Crippen LogP contribution in [0.25, 0.3) is 5.69 Å². The van der Waals surface area contributed by atoms with Crippen LogP contribution in [0.15, 0.2) is 42.7 Å². The molecule has 1 saturated heterocycles. The molecule has 0 bridgehead atoms. The zero-order valence-corrected chi connectivity index (χ0v) is 13.8. The van der Waals surface area contributed by atoms with E-state index in [9.17, 15) is 4.79 Å². The van der Waals surface area contributed by atoms with E-state index in [2.05, 4.69) is 30.5 Å². The van der Waals surface area contributed by atoms with Gasteiger partial charge in [0.05, 0.1) is 6.04 Å². The minimum atomic E-state index is -0.0539. The zero-order valence-electron chi connectivity index (χ0n) is 10.8. The van der Waals surface area contributed by atoms with E-state index < -0.39 is 0 Å². The average Bonchev–Trinajstić information content (AvgIpc) is 3.16. The van der Waals surface area contributed by atoms with Crippen LogP contribution in [-0.4, -0.2) is 32.2 Å². The molecule has 1 fully saturated rings. The number of aromatic nitrogens is 2. The topological polar surface area (TPSA) is 38.1 Å². The number of nitrogens with zero attached hydrogens (tertiary/aromatic N) is 3. The Morgan fingerprint density at radius 2 is 2.15 bits per heavy atom. The Morgan fingerprint density at radius 1 is 1.35 bits per heavy atom. The van der Waals surface area contributed by atoms with Crippen molar-refractivity contribution in [2.45, 2.75) is 18.9 Å². The highest BCUT2D eigenvalue weighted by atomic mass is 127. The lowest BCUT2D eigenvalue weighted by Crippen LogP contribution is -2.32. The highest BCUT2D eigenvalue weighted by Crippen LogP contribution is 2.31. The summed E-state index contributed by atoms with van der Waals surface area (Å²) >= 11 is 2.24. The summed E-state index contributed by atoms with van der Waals surface area (Å²) in [5, 5.41) is 0. The van der Waals surface area contributed by atoms with Gasteiger partial charge in [0.1, 0.15) is 0 Å². The number of halogens is 1. The summed E-state index contributed by atoms with van der Waals surface area (Å²) in [6.07, 6.45) is 5.52. The van der Waals surface area contributed by atoms with Crippen molar-refractivity contribution in [3.05, 3.63) is 48.5 Å². The molecule has 6 heteroatoms. The van der Waals surface area contributed by atoms with Crippen LogP contribution in [0.5, 0.6) is 0 Å². The predicted octanol–water partition coefficient (Wildman–Crippen LogP) is 3.52. The second kappa shape index (κ2) is 6.28. The minimum Gasteiger partial charge on any atom is -0.297 e. The van der Waals surface area contributed by atoms with Crippen LogP contribution in [-0.2, 0) is 0 Å². The van der Waals surface area contributed by atoms with Crippen LogP contribution in [0.4, 0.5) is 0 Å². The van der Waals surface area contributed by atoms with Crippen LogP contribution in [0, 0.1) is 0 Å². The lowest BCUT2D eigenvalue weighted by Gasteiger charge is -2.19. The molecule has 1 unspecified atom stereocenters. The standard InChI is InChI=1S/C14H14IN3OS/c15-20-18-9-4-7-12(18)13(19)14-16-8-10-17(14)11-5-2-1-3-6-11/h1-3,5-6,8,10,12H,4,7,9H2. The number of carbonyl (C=O) groups excluding carboxylic acids is 1. The maximum Gasteiger partial charge on any atom is 0.216 e. The molecule has 1 aliphatic heterocycles. The van der Waals surface area contributed by atoms with E-state index in [0.717, 1.165) is 25.1 Å². The molecule has 2 aromatic rings. The smallest absolute Gasteiger partial charge is 0.216 e. The lowest BCUT2D eigenvalue weighted by molar-refractivity contribution is 0.0912. The molecule has 3 rings (SSSR count). The maximum atomic E-state index is 12.7. The molecule has 0 spiro atoms. The molecule has 104 valence electrons. The van der Waals surface area contributed by atoms with E-state index in [1.807, 2.05) is 41.1 Å². The molecule has 1 aromatic heterocycles. The number of benzene rings is 1. The summed E-state index contributed by atoms with van der Waals surface area (Å²) in [4.78, 5) is 17.0. The van der Waals surface area contributed by atoms with E-state index in [-0.39, 0.29) is 11.8 Å². The van der Waals surface area contributed by atoms with Crippen LogP contribution in [0.3, 0.4) is 0 Å². The quantitative estimate of drug-likeness (QED) is 0.448. The molecule has 1 atom stereocenters. The van der Waals surface area contributed by atoms with Crippen molar-refractivity contribution < 1.29 is 4.79 Å². The molecular weight excluding hydrogens is 385 g/mol. The molecule has 0 radical (unpaired) electrons. The van der Waals surface area contributed by atoms with Crippen molar-refractivity contribution >= 4 is 36.1 Å². The number of rotatable bonds is 4. The normalized spacial score (nSPS) is 19.4. The van der Waals surface area contributed by atoms with Crippen LogP contribution in [0.1, 0.15) is 23.5 Å². The number of para-hydroxylation sites is 1. The first-order valence-electron chi connectivity index (χ1n) is 6.49. The number of Topliss-reactive ketones (excluding diaryl/α,β-unsaturated/α-hetero) is 1. The number of ketones is 1. The average molecular weight is 399 g/mol. The molecular formula is C14H14IN3OS. The SMILES string of the molecule is O=C(c1nccn1-c1ccccc1)C1CCCN1SI. The summed E-state index contributed by atoms with van der Waals surface area (Å²) in [6.45, 7) is 0.968. The largest absolute Gasteiger partial charge is 0.297 e. The van der Waals surface area contributed by atoms with Gasteiger partial charge in [-0.15, -0.1) is 0 Å². The van der Waals surface area contributed by atoms with Gasteiger partial charge in [0, 0.05) is 45.8 Å². The summed E-state index contributed by atoms with van der Waals surface area (Å²) in [5.74, 6) is 0.638. The van der Waals surface area contributed by atoms with Gasteiger partial charge in [-0.25, -0.2) is 9.29 Å². The van der Waals surface area contributed by atoms with E-state index in [0.29, 0.717) is 5.82 Å². The third kappa shape index (κ3) is 2.64. The summed E-state index contributed by atoms with van der Waals surface area (Å²) in [7, 11) is 1.61. The molecule has 0 saturated carbocycles.